The summed E-state index contributed by atoms with van der Waals surface area (Å²) in [5.41, 5.74) is 10.4. The highest BCUT2D eigenvalue weighted by molar-refractivity contribution is 5.64. The summed E-state index contributed by atoms with van der Waals surface area (Å²) in [5, 5.41) is 3.83. The second-order valence-electron chi connectivity index (χ2n) is 7.68. The Balaban J connectivity index is 1.36. The van der Waals surface area contributed by atoms with Crippen molar-refractivity contribution in [1.29, 1.82) is 0 Å². The Morgan fingerprint density at radius 2 is 1.72 bits per heavy atom. The lowest BCUT2D eigenvalue weighted by molar-refractivity contribution is 0.339. The Kier molecular flexibility index (Phi) is 4.87. The lowest BCUT2D eigenvalue weighted by atomic mass is 9.92. The third-order valence-corrected chi connectivity index (χ3v) is 5.77. The van der Waals surface area contributed by atoms with Crippen LogP contribution >= 0.6 is 0 Å². The van der Waals surface area contributed by atoms with Gasteiger partial charge in [0.05, 0.1) is 0 Å². The Morgan fingerprint density at radius 3 is 2.44 bits per heavy atom. The van der Waals surface area contributed by atoms with Crippen LogP contribution in [0.5, 0.6) is 0 Å². The van der Waals surface area contributed by atoms with Gasteiger partial charge in [-0.15, -0.1) is 0 Å². The summed E-state index contributed by atoms with van der Waals surface area (Å²) in [6.45, 7) is -0.409. The second kappa shape index (κ2) is 7.27. The number of halogens is 1. The molecular weight excluding hydrogens is 311 g/mol. The molecule has 0 radical (unpaired) electrons. The van der Waals surface area contributed by atoms with Crippen molar-refractivity contribution in [2.75, 3.05) is 0 Å². The minimum atomic E-state index is -0.409. The summed E-state index contributed by atoms with van der Waals surface area (Å²) in [6.07, 6.45) is 5.98. The number of rotatable bonds is 5. The van der Waals surface area contributed by atoms with Crippen molar-refractivity contribution in [1.82, 2.24) is 5.32 Å². The molecule has 0 bridgehead atoms. The van der Waals surface area contributed by atoms with E-state index >= 15 is 0 Å². The minimum absolute atomic E-state index is 0.409. The molecular formula is C22H27FN2. The van der Waals surface area contributed by atoms with Crippen LogP contribution in [0.25, 0.3) is 11.1 Å². The molecule has 2 aliphatic carbocycles. The molecule has 2 nitrogen and oxygen atoms in total. The molecule has 2 aliphatic rings. The molecule has 0 amide bonds. The van der Waals surface area contributed by atoms with Crippen molar-refractivity contribution in [2.24, 2.45) is 5.73 Å². The summed E-state index contributed by atoms with van der Waals surface area (Å²) in [7, 11) is 0. The Morgan fingerprint density at radius 1 is 0.960 bits per heavy atom. The fourth-order valence-electron chi connectivity index (χ4n) is 4.09. The van der Waals surface area contributed by atoms with Gasteiger partial charge in [-0.3, -0.25) is 0 Å². The zero-order valence-electron chi connectivity index (χ0n) is 14.6. The van der Waals surface area contributed by atoms with E-state index in [4.69, 9.17) is 5.73 Å². The van der Waals surface area contributed by atoms with Gasteiger partial charge in [-0.25, -0.2) is 4.39 Å². The number of benzene rings is 2. The van der Waals surface area contributed by atoms with Crippen molar-refractivity contribution in [3.63, 3.8) is 0 Å². The minimum Gasteiger partial charge on any atom is -0.328 e. The van der Waals surface area contributed by atoms with Crippen molar-refractivity contribution in [3.05, 3.63) is 59.7 Å². The lowest BCUT2D eigenvalue weighted by Gasteiger charge is -2.27. The average Bonchev–Trinajstić information content (AvgIpc) is 3.43. The Bertz CT molecular complexity index is 704. The molecule has 2 aromatic rings. The van der Waals surface area contributed by atoms with Gasteiger partial charge in [0.15, 0.2) is 0 Å². The third kappa shape index (κ3) is 3.94. The van der Waals surface area contributed by atoms with Crippen molar-refractivity contribution in [3.8, 4) is 11.1 Å². The van der Waals surface area contributed by atoms with E-state index in [0.717, 1.165) is 29.5 Å². The van der Waals surface area contributed by atoms with Crippen LogP contribution in [0, 0.1) is 0 Å². The van der Waals surface area contributed by atoms with Gasteiger partial charge in [0, 0.05) is 24.0 Å². The molecule has 4 rings (SSSR count). The zero-order chi connectivity index (χ0) is 17.2. The summed E-state index contributed by atoms with van der Waals surface area (Å²) >= 11 is 0. The fraction of sp³-hybridized carbons (Fsp3) is 0.455. The van der Waals surface area contributed by atoms with Gasteiger partial charge < -0.3 is 11.1 Å². The number of hydrogen-bond acceptors (Lipinski definition) is 2. The van der Waals surface area contributed by atoms with E-state index in [1.54, 1.807) is 0 Å². The average molecular weight is 338 g/mol. The first-order chi connectivity index (χ1) is 12.2. The van der Waals surface area contributed by atoms with Gasteiger partial charge in [-0.05, 0) is 60.4 Å². The van der Waals surface area contributed by atoms with Gasteiger partial charge in [0.1, 0.15) is 6.67 Å². The van der Waals surface area contributed by atoms with Crippen LogP contribution in [-0.4, -0.2) is 18.1 Å². The predicted octanol–water partition coefficient (Wildman–Crippen LogP) is 4.54. The molecule has 0 spiro atoms. The maximum Gasteiger partial charge on any atom is 0.115 e. The number of hydrogen-bond donors (Lipinski definition) is 2. The molecule has 25 heavy (non-hydrogen) atoms. The largest absolute Gasteiger partial charge is 0.328 e. The highest BCUT2D eigenvalue weighted by Gasteiger charge is 2.39. The number of alkyl halides is 1. The van der Waals surface area contributed by atoms with Crippen LogP contribution < -0.4 is 11.1 Å². The third-order valence-electron chi connectivity index (χ3n) is 5.77. The maximum absolute atomic E-state index is 12.8. The molecule has 2 saturated carbocycles. The SMILES string of the molecule is N[C@H]1CC[C@H](N[C@@H]2C[C@H]2c2ccc(-c3cccc(CF)c3)cc2)CC1. The molecule has 132 valence electrons. The molecule has 0 heterocycles. The summed E-state index contributed by atoms with van der Waals surface area (Å²) in [6, 6.07) is 18.2. The zero-order valence-corrected chi connectivity index (χ0v) is 14.6. The van der Waals surface area contributed by atoms with E-state index in [1.165, 1.54) is 24.8 Å². The molecule has 0 saturated heterocycles. The number of nitrogens with two attached hydrogens (primary N) is 1. The molecule has 0 aliphatic heterocycles. The van der Waals surface area contributed by atoms with E-state index in [9.17, 15) is 4.39 Å². The molecule has 3 heteroatoms. The van der Waals surface area contributed by atoms with Crippen molar-refractivity contribution in [2.45, 2.75) is 62.8 Å². The molecule has 2 aromatic carbocycles. The van der Waals surface area contributed by atoms with Crippen LogP contribution in [0.15, 0.2) is 48.5 Å². The fourth-order valence-corrected chi connectivity index (χ4v) is 4.09. The van der Waals surface area contributed by atoms with Gasteiger partial charge >= 0.3 is 0 Å². The van der Waals surface area contributed by atoms with Crippen LogP contribution in [0.3, 0.4) is 0 Å². The van der Waals surface area contributed by atoms with Gasteiger partial charge in [0.25, 0.3) is 0 Å². The van der Waals surface area contributed by atoms with E-state index in [-0.39, 0.29) is 0 Å². The van der Waals surface area contributed by atoms with Crippen LogP contribution in [0.2, 0.25) is 0 Å². The number of nitrogens with one attached hydrogen (secondary N) is 1. The molecule has 2 fully saturated rings. The van der Waals surface area contributed by atoms with E-state index in [0.29, 0.717) is 24.0 Å². The highest BCUT2D eigenvalue weighted by Crippen LogP contribution is 2.42. The monoisotopic (exact) mass is 338 g/mol. The maximum atomic E-state index is 12.8. The standard InChI is InChI=1S/C22H27FN2/c23-14-15-2-1-3-18(12-15)16-4-6-17(7-5-16)21-13-22(21)25-20-10-8-19(24)9-11-20/h1-7,12,19-22,25H,8-11,13-14,24H2/t19-,20-,21-,22+/m0/s1. The normalized spacial score (nSPS) is 28.7. The first kappa shape index (κ1) is 16.7. The van der Waals surface area contributed by atoms with Gasteiger partial charge in [0.2, 0.25) is 0 Å². The smallest absolute Gasteiger partial charge is 0.115 e. The first-order valence-corrected chi connectivity index (χ1v) is 9.50. The summed E-state index contributed by atoms with van der Waals surface area (Å²) in [4.78, 5) is 0. The van der Waals surface area contributed by atoms with Crippen LogP contribution in [-0.2, 0) is 6.67 Å². The topological polar surface area (TPSA) is 38.0 Å². The summed E-state index contributed by atoms with van der Waals surface area (Å²) < 4.78 is 12.8. The Labute approximate surface area is 149 Å². The first-order valence-electron chi connectivity index (χ1n) is 9.50. The van der Waals surface area contributed by atoms with Crippen LogP contribution in [0.4, 0.5) is 4.39 Å². The van der Waals surface area contributed by atoms with Crippen LogP contribution in [0.1, 0.15) is 49.1 Å². The predicted molar refractivity (Wildman–Crippen MR) is 101 cm³/mol. The van der Waals surface area contributed by atoms with E-state index in [1.807, 2.05) is 24.3 Å². The van der Waals surface area contributed by atoms with E-state index in [2.05, 4.69) is 29.6 Å². The molecule has 0 unspecified atom stereocenters. The van der Waals surface area contributed by atoms with Crippen molar-refractivity contribution >= 4 is 0 Å². The quantitative estimate of drug-likeness (QED) is 0.840. The lowest BCUT2D eigenvalue weighted by Crippen LogP contribution is -2.38. The van der Waals surface area contributed by atoms with Gasteiger partial charge in [-0.1, -0.05) is 42.5 Å². The molecule has 0 aromatic heterocycles. The highest BCUT2D eigenvalue weighted by atomic mass is 19.1. The van der Waals surface area contributed by atoms with Gasteiger partial charge in [-0.2, -0.15) is 0 Å². The van der Waals surface area contributed by atoms with E-state index < -0.39 is 6.67 Å². The molecule has 2 atom stereocenters. The summed E-state index contributed by atoms with van der Waals surface area (Å²) in [5.74, 6) is 0.641. The molecule has 3 N–H and O–H groups in total. The second-order valence-corrected chi connectivity index (χ2v) is 7.68. The Hall–Kier alpha value is -1.71. The van der Waals surface area contributed by atoms with Crippen molar-refractivity contribution < 1.29 is 4.39 Å².